The van der Waals surface area contributed by atoms with E-state index in [1.165, 1.54) is 0 Å². The first-order valence-corrected chi connectivity index (χ1v) is 1.57. The van der Waals surface area contributed by atoms with E-state index in [4.69, 9.17) is 77.4 Å². The molecule has 0 fully saturated rings. The van der Waals surface area contributed by atoms with Crippen LogP contribution in [0, 0.1) is 38.7 Å². The summed E-state index contributed by atoms with van der Waals surface area (Å²) in [6, 6.07) is 0. The zero-order valence-corrected chi connectivity index (χ0v) is 8.87. The van der Waals surface area contributed by atoms with Gasteiger partial charge in [0.15, 0.2) is 0 Å². The van der Waals surface area contributed by atoms with Crippen molar-refractivity contribution in [1.29, 1.82) is 38.7 Å². The van der Waals surface area contributed by atoms with E-state index in [0.717, 1.165) is 0 Å². The fraction of sp³-hybridized carbons (Fsp3) is 0. The molecule has 0 aromatic rings. The molecule has 0 aromatic heterocycles. The smallest absolute Gasteiger partial charge is 0.715 e. The topological polar surface area (TPSA) is 323 Å². The van der Waals surface area contributed by atoms with Crippen LogP contribution < -0.4 is 0 Å². The summed E-state index contributed by atoms with van der Waals surface area (Å²) in [6.45, 7) is 0. The van der Waals surface area contributed by atoms with Gasteiger partial charge in [-0.15, -0.1) is 0 Å². The van der Waals surface area contributed by atoms with Crippen LogP contribution in [0.25, 0.3) is 38.7 Å². The number of hydrogen-bond donors (Lipinski definition) is 7. The van der Waals surface area contributed by atoms with Gasteiger partial charge in [-0.25, -0.2) is 0 Å². The fourth-order valence-electron chi connectivity index (χ4n) is 0. The van der Waals surface area contributed by atoms with Crippen LogP contribution in [0.5, 0.6) is 0 Å². The van der Waals surface area contributed by atoms with Crippen molar-refractivity contribution in [2.24, 2.45) is 0 Å². The van der Waals surface area contributed by atoms with E-state index in [1.54, 1.807) is 0 Å². The Bertz CT molecular complexity index is 25.0. The zero-order chi connectivity index (χ0) is 14.0. The van der Waals surface area contributed by atoms with E-state index in [0.29, 0.717) is 0 Å². The molecule has 0 amide bonds. The molecule has 0 radical (unpaired) electrons. The average molecular weight is 301 g/mol. The normalized spacial score (nSPS) is 1.87. The summed E-state index contributed by atoms with van der Waals surface area (Å²) in [7, 11) is 0. The van der Waals surface area contributed by atoms with Gasteiger partial charge in [0, 0.05) is 0 Å². The molecule has 0 aliphatic rings. The summed E-state index contributed by atoms with van der Waals surface area (Å²) in [5.41, 5.74) is 77.0. The van der Waals surface area contributed by atoms with Crippen LogP contribution in [-0.2, 0) is 20.1 Å². The summed E-state index contributed by atoms with van der Waals surface area (Å²) in [5, 5.41) is 0. The Morgan fingerprint density at radius 1 is 0.267 bits per heavy atom. The molecule has 0 spiro atoms. The first-order chi connectivity index (χ1) is 7.00. The molecule has 0 atom stereocenters. The second kappa shape index (κ2) is 302. The molecule has 0 unspecified atom stereocenters. The van der Waals surface area contributed by atoms with Gasteiger partial charge in [0.1, 0.15) is 0 Å². The zero-order valence-electron chi connectivity index (χ0n) is 7.01. The predicted octanol–water partition coefficient (Wildman–Crippen LogP) is 4.10. The molecule has 0 rings (SSSR count). The van der Waals surface area contributed by atoms with Crippen LogP contribution in [0.2, 0.25) is 0 Å². The largest absolute Gasteiger partial charge is 7.00 e. The van der Waals surface area contributed by atoms with E-state index < -0.39 is 0 Å². The van der Waals surface area contributed by atoms with Gasteiger partial charge >= 0.3 is 20.1 Å². The van der Waals surface area contributed by atoms with Gasteiger partial charge in [0.05, 0.1) is 0 Å². The van der Waals surface area contributed by atoms with Crippen molar-refractivity contribution in [2.75, 3.05) is 0 Å². The van der Waals surface area contributed by atoms with Crippen molar-refractivity contribution in [1.82, 2.24) is 0 Å². The van der Waals surface area contributed by atoms with Crippen molar-refractivity contribution in [3.63, 3.8) is 0 Å². The Morgan fingerprint density at radius 3 is 0.267 bits per heavy atom. The maximum atomic E-state index is 6.25. The van der Waals surface area contributed by atoms with Crippen molar-refractivity contribution < 1.29 is 20.1 Å². The van der Waals surface area contributed by atoms with Gasteiger partial charge < -0.3 is 77.4 Å². The van der Waals surface area contributed by atoms with Crippen LogP contribution in [0.1, 0.15) is 0 Å². The van der Waals surface area contributed by atoms with Crippen LogP contribution in [0.3, 0.4) is 0 Å². The molecule has 15 heavy (non-hydrogen) atoms. The van der Waals surface area contributed by atoms with E-state index in [2.05, 4.69) is 0 Å². The van der Waals surface area contributed by atoms with Gasteiger partial charge in [-0.05, 0) is 0 Å². The fourth-order valence-corrected chi connectivity index (χ4v) is 0. The molecule has 0 saturated carbocycles. The third-order valence-corrected chi connectivity index (χ3v) is 0. The average Bonchev–Trinajstić information content (AvgIpc) is 2.45. The van der Waals surface area contributed by atoms with E-state index in [9.17, 15) is 0 Å². The van der Waals surface area contributed by atoms with Gasteiger partial charge in [0.2, 0.25) is 0 Å². The molecule has 14 nitrogen and oxygen atoms in total. The first-order valence-electron chi connectivity index (χ1n) is 1.57. The number of nitrogens with zero attached hydrogens (tertiary/aromatic N) is 7. The molecule has 15 heteroatoms. The summed E-state index contributed by atoms with van der Waals surface area (Å²) in [4.78, 5) is 0. The molecule has 0 aromatic carbocycles. The Kier molecular flexibility index (Phi) is 1540. The second-order valence-electron chi connectivity index (χ2n) is 0. The molecule has 0 bridgehead atoms. The summed E-state index contributed by atoms with van der Waals surface area (Å²) < 4.78 is 0. The predicted molar refractivity (Wildman–Crippen MR) is 42.6 cm³/mol. The van der Waals surface area contributed by atoms with Gasteiger partial charge in [-0.1, -0.05) is 0 Å². The molecule has 84 valence electrons. The monoisotopic (exact) mass is 300 g/mol. The molecule has 0 aliphatic carbocycles. The second-order valence-corrected chi connectivity index (χ2v) is 0. The van der Waals surface area contributed by atoms with Crippen LogP contribution >= 0.6 is 0 Å². The van der Waals surface area contributed by atoms with Crippen LogP contribution in [0.4, 0.5) is 0 Å². The third kappa shape index (κ3) is 249. The van der Waals surface area contributed by atoms with E-state index in [-0.39, 0.29) is 20.1 Å². The minimum absolute atomic E-state index is 0. The molecule has 7 N–H and O–H groups in total. The van der Waals surface area contributed by atoms with Crippen molar-refractivity contribution in [3.8, 4) is 0 Å². The SMILES string of the molecule is [N-]=N.[N-]=N.[N-]=N.[N-]=N.[N-]=N.[N-]=N.[N-]=N.[Tc+7]. The molecular weight excluding hydrogens is 294 g/mol. The third-order valence-electron chi connectivity index (χ3n) is 0. The van der Waals surface area contributed by atoms with E-state index in [1.807, 2.05) is 0 Å². The van der Waals surface area contributed by atoms with Crippen molar-refractivity contribution in [3.05, 3.63) is 38.7 Å². The molecule has 0 saturated heterocycles. The Morgan fingerprint density at radius 2 is 0.267 bits per heavy atom. The molecule has 0 heterocycles. The minimum atomic E-state index is 0. The summed E-state index contributed by atoms with van der Waals surface area (Å²) in [5.74, 6) is 0. The van der Waals surface area contributed by atoms with Gasteiger partial charge in [-0.2, -0.15) is 0 Å². The van der Waals surface area contributed by atoms with Crippen molar-refractivity contribution >= 4 is 0 Å². The molecule has 0 aliphatic heterocycles. The quantitative estimate of drug-likeness (QED) is 0.310. The van der Waals surface area contributed by atoms with Crippen LogP contribution in [0.15, 0.2) is 0 Å². The van der Waals surface area contributed by atoms with E-state index >= 15 is 0 Å². The first kappa shape index (κ1) is 76.7. The summed E-state index contributed by atoms with van der Waals surface area (Å²) in [6.07, 6.45) is 0. The maximum absolute atomic E-state index is 6.25. The minimum Gasteiger partial charge on any atom is -0.715 e. The number of rotatable bonds is 0. The molecular formula is H7N14Tc. The summed E-state index contributed by atoms with van der Waals surface area (Å²) >= 11 is 0. The van der Waals surface area contributed by atoms with Gasteiger partial charge in [-0.3, -0.25) is 0 Å². The van der Waals surface area contributed by atoms with Gasteiger partial charge in [0.25, 0.3) is 0 Å². The Labute approximate surface area is 98.1 Å². The maximum Gasteiger partial charge on any atom is 7.00 e. The van der Waals surface area contributed by atoms with Crippen molar-refractivity contribution in [2.45, 2.75) is 0 Å². The Balaban J connectivity index is -0.00000000628. The van der Waals surface area contributed by atoms with Crippen LogP contribution in [-0.4, -0.2) is 0 Å². The Hall–Kier alpha value is -2.15. The number of hydrogen-bond acceptors (Lipinski definition) is 7. The number of nitrogens with one attached hydrogen (secondary N) is 7. The standard InChI is InChI=1S/7HN2.Tc/c7*1-2;/h7*1H;/q7*-1;+7.